The van der Waals surface area contributed by atoms with E-state index in [2.05, 4.69) is 16.5 Å². The topological polar surface area (TPSA) is 59.5 Å². The maximum absolute atomic E-state index is 13.7. The van der Waals surface area contributed by atoms with E-state index in [1.807, 2.05) is 18.9 Å². The molecule has 0 aliphatic carbocycles. The van der Waals surface area contributed by atoms with E-state index >= 15 is 0 Å². The van der Waals surface area contributed by atoms with E-state index in [0.29, 0.717) is 30.8 Å². The SMILES string of the molecule is C=C(F)/C=C1\C(=NC)N(C=O)C2=C1N1CC(C)N(C)CC1C(=O)N2CCF. The zero-order chi connectivity index (χ0) is 19.9. The smallest absolute Gasteiger partial charge is 0.252 e. The predicted octanol–water partition coefficient (Wildman–Crippen LogP) is 0.882. The molecular formula is C18H23F2N5O2. The highest BCUT2D eigenvalue weighted by Crippen LogP contribution is 2.40. The van der Waals surface area contributed by atoms with Crippen molar-refractivity contribution in [2.24, 2.45) is 4.99 Å². The molecule has 0 bridgehead atoms. The number of carbonyl (C=O) groups excluding carboxylic acids is 2. The molecule has 9 heteroatoms. The van der Waals surface area contributed by atoms with Gasteiger partial charge in [0.25, 0.3) is 5.91 Å². The van der Waals surface area contributed by atoms with Crippen molar-refractivity contribution in [3.8, 4) is 0 Å². The Kier molecular flexibility index (Phi) is 5.14. The molecule has 3 aliphatic rings. The number of rotatable bonds is 4. The fourth-order valence-corrected chi connectivity index (χ4v) is 3.88. The van der Waals surface area contributed by atoms with E-state index in [1.165, 1.54) is 22.9 Å². The van der Waals surface area contributed by atoms with Gasteiger partial charge in [-0.2, -0.15) is 0 Å². The molecule has 1 fully saturated rings. The van der Waals surface area contributed by atoms with E-state index in [4.69, 9.17) is 0 Å². The Morgan fingerprint density at radius 3 is 2.67 bits per heavy atom. The van der Waals surface area contributed by atoms with Crippen LogP contribution in [0.1, 0.15) is 6.92 Å². The number of nitrogens with zero attached hydrogens (tertiary/aromatic N) is 5. The first kappa shape index (κ1) is 19.2. The summed E-state index contributed by atoms with van der Waals surface area (Å²) in [5.74, 6) is -0.544. The molecule has 3 aliphatic heterocycles. The number of hydrogen-bond acceptors (Lipinski definition) is 5. The molecular weight excluding hydrogens is 356 g/mol. The van der Waals surface area contributed by atoms with E-state index in [0.717, 1.165) is 0 Å². The number of allylic oxidation sites excluding steroid dienone is 2. The maximum atomic E-state index is 13.7. The van der Waals surface area contributed by atoms with Gasteiger partial charge >= 0.3 is 0 Å². The van der Waals surface area contributed by atoms with E-state index in [9.17, 15) is 18.4 Å². The highest BCUT2D eigenvalue weighted by Gasteiger charge is 2.50. The monoisotopic (exact) mass is 379 g/mol. The van der Waals surface area contributed by atoms with Gasteiger partial charge in [-0.15, -0.1) is 0 Å². The Morgan fingerprint density at radius 2 is 2.11 bits per heavy atom. The second-order valence-electron chi connectivity index (χ2n) is 6.84. The molecule has 146 valence electrons. The summed E-state index contributed by atoms with van der Waals surface area (Å²) in [6.45, 7) is 5.31. The highest BCUT2D eigenvalue weighted by molar-refractivity contribution is 6.12. The van der Waals surface area contributed by atoms with Crippen LogP contribution in [0.4, 0.5) is 8.78 Å². The normalized spacial score (nSPS) is 28.9. The second-order valence-corrected chi connectivity index (χ2v) is 6.84. The van der Waals surface area contributed by atoms with E-state index in [-0.39, 0.29) is 30.2 Å². The highest BCUT2D eigenvalue weighted by atomic mass is 19.1. The predicted molar refractivity (Wildman–Crippen MR) is 96.9 cm³/mol. The third-order valence-electron chi connectivity index (χ3n) is 5.23. The second kappa shape index (κ2) is 7.22. The standard InChI is InChI=1S/C18H23F2N5O2/c1-11(20)7-13-15-17(25(10-26)16(13)21-3)23(6-5-19)18(27)14-9-22(4)12(2)8-24(14)15/h7,10,12,14H,1,5-6,8-9H2,2-4H3/b13-7-,21-16?. The number of hydrogen-bond donors (Lipinski definition) is 0. The first-order chi connectivity index (χ1) is 12.8. The Balaban J connectivity index is 2.25. The zero-order valence-electron chi connectivity index (χ0n) is 15.7. The van der Waals surface area contributed by atoms with Gasteiger partial charge in [-0.05, 0) is 20.0 Å². The van der Waals surface area contributed by atoms with Crippen molar-refractivity contribution in [3.63, 3.8) is 0 Å². The molecule has 0 N–H and O–H groups in total. The van der Waals surface area contributed by atoms with Crippen molar-refractivity contribution in [3.05, 3.63) is 35.6 Å². The van der Waals surface area contributed by atoms with Gasteiger partial charge in [0.15, 0.2) is 0 Å². The van der Waals surface area contributed by atoms with Crippen molar-refractivity contribution in [1.82, 2.24) is 19.6 Å². The number of amides is 2. The van der Waals surface area contributed by atoms with Crippen molar-refractivity contribution in [2.45, 2.75) is 19.0 Å². The number of fused-ring (bicyclic) bond motifs is 2. The van der Waals surface area contributed by atoms with Crippen LogP contribution in [0.5, 0.6) is 0 Å². The minimum absolute atomic E-state index is 0.137. The lowest BCUT2D eigenvalue weighted by Gasteiger charge is -2.49. The molecule has 0 saturated carbocycles. The van der Waals surface area contributed by atoms with Gasteiger partial charge < -0.3 is 4.90 Å². The summed E-state index contributed by atoms with van der Waals surface area (Å²) in [5.41, 5.74) is 0.879. The Morgan fingerprint density at radius 1 is 1.41 bits per heavy atom. The molecule has 0 radical (unpaired) electrons. The number of halogens is 2. The number of amidine groups is 1. The lowest BCUT2D eigenvalue weighted by Crippen LogP contribution is -2.64. The number of carbonyl (C=O) groups is 2. The molecule has 7 nitrogen and oxygen atoms in total. The van der Waals surface area contributed by atoms with Gasteiger partial charge in [-0.25, -0.2) is 13.7 Å². The van der Waals surface area contributed by atoms with E-state index in [1.54, 1.807) is 0 Å². The lowest BCUT2D eigenvalue weighted by atomic mass is 10.00. The lowest BCUT2D eigenvalue weighted by molar-refractivity contribution is -0.141. The first-order valence-electron chi connectivity index (χ1n) is 8.72. The molecule has 0 spiro atoms. The molecule has 2 atom stereocenters. The third kappa shape index (κ3) is 2.95. The van der Waals surface area contributed by atoms with Crippen molar-refractivity contribution < 1.29 is 18.4 Å². The molecule has 2 amide bonds. The van der Waals surface area contributed by atoms with E-state index < -0.39 is 18.5 Å². The summed E-state index contributed by atoms with van der Waals surface area (Å²) in [6.07, 6.45) is 1.71. The fraction of sp³-hybridized carbons (Fsp3) is 0.500. The Labute approximate surface area is 156 Å². The van der Waals surface area contributed by atoms with Gasteiger partial charge in [0, 0.05) is 31.8 Å². The van der Waals surface area contributed by atoms with Crippen LogP contribution in [0, 0.1) is 0 Å². The van der Waals surface area contributed by atoms with Gasteiger partial charge in [0.05, 0.1) is 12.2 Å². The molecule has 2 unspecified atom stereocenters. The molecule has 1 saturated heterocycles. The fourth-order valence-electron chi connectivity index (χ4n) is 3.88. The Hall–Kier alpha value is -2.55. The summed E-state index contributed by atoms with van der Waals surface area (Å²) >= 11 is 0. The van der Waals surface area contributed by atoms with Crippen molar-refractivity contribution in [2.75, 3.05) is 40.4 Å². The molecule has 3 heterocycles. The van der Waals surface area contributed by atoms with Gasteiger partial charge in [-0.3, -0.25) is 24.4 Å². The van der Waals surface area contributed by atoms with Crippen molar-refractivity contribution in [1.29, 1.82) is 0 Å². The third-order valence-corrected chi connectivity index (χ3v) is 5.23. The first-order valence-corrected chi connectivity index (χ1v) is 8.72. The number of piperazine rings is 1. The molecule has 27 heavy (non-hydrogen) atoms. The van der Waals surface area contributed by atoms with Gasteiger partial charge in [0.2, 0.25) is 6.41 Å². The summed E-state index contributed by atoms with van der Waals surface area (Å²) in [7, 11) is 3.40. The molecule has 0 aromatic rings. The van der Waals surface area contributed by atoms with Crippen LogP contribution < -0.4 is 0 Å². The van der Waals surface area contributed by atoms with Crippen LogP contribution >= 0.6 is 0 Å². The Bertz CT molecular complexity index is 776. The minimum Gasteiger partial charge on any atom is -0.353 e. The van der Waals surface area contributed by atoms with Crippen LogP contribution in [0.25, 0.3) is 0 Å². The molecule has 3 rings (SSSR count). The summed E-state index contributed by atoms with van der Waals surface area (Å²) in [4.78, 5) is 35.4. The largest absolute Gasteiger partial charge is 0.353 e. The summed E-state index contributed by atoms with van der Waals surface area (Å²) in [6, 6.07) is -0.407. The van der Waals surface area contributed by atoms with Crippen LogP contribution in [-0.4, -0.2) is 90.2 Å². The van der Waals surface area contributed by atoms with Gasteiger partial charge in [-0.1, -0.05) is 6.58 Å². The molecule has 0 aromatic carbocycles. The van der Waals surface area contributed by atoms with Gasteiger partial charge in [0.1, 0.15) is 30.2 Å². The average molecular weight is 379 g/mol. The van der Waals surface area contributed by atoms with Crippen LogP contribution in [0.15, 0.2) is 40.6 Å². The summed E-state index contributed by atoms with van der Waals surface area (Å²) in [5, 5.41) is 0. The quantitative estimate of drug-likeness (QED) is 0.681. The zero-order valence-corrected chi connectivity index (χ0v) is 15.7. The maximum Gasteiger partial charge on any atom is 0.252 e. The van der Waals surface area contributed by atoms with Crippen LogP contribution in [0.2, 0.25) is 0 Å². The summed E-state index contributed by atoms with van der Waals surface area (Å²) < 4.78 is 26.9. The van der Waals surface area contributed by atoms with Crippen LogP contribution in [0.3, 0.4) is 0 Å². The number of alkyl halides is 1. The number of aliphatic imine (C=N–C) groups is 1. The molecule has 0 aromatic heterocycles. The minimum atomic E-state index is -0.762. The average Bonchev–Trinajstić information content (AvgIpc) is 2.92. The van der Waals surface area contributed by atoms with Crippen molar-refractivity contribution >= 4 is 18.2 Å². The number of likely N-dealkylation sites (N-methyl/N-ethyl adjacent to an activating group) is 1. The van der Waals surface area contributed by atoms with Crippen LogP contribution in [-0.2, 0) is 9.59 Å².